The van der Waals surface area contributed by atoms with Gasteiger partial charge in [-0.15, -0.1) is 0 Å². The topological polar surface area (TPSA) is 104 Å². The Bertz CT molecular complexity index is 1170. The van der Waals surface area contributed by atoms with Crippen molar-refractivity contribution < 1.29 is 21.6 Å². The molecule has 1 N–H and O–H groups in total. The van der Waals surface area contributed by atoms with Crippen LogP contribution >= 0.6 is 11.6 Å². The van der Waals surface area contributed by atoms with Gasteiger partial charge in [0.15, 0.2) is 0 Å². The third-order valence-corrected chi connectivity index (χ3v) is 8.48. The number of benzene rings is 2. The fourth-order valence-corrected chi connectivity index (χ4v) is 6.04. The van der Waals surface area contributed by atoms with Crippen molar-refractivity contribution in [1.82, 2.24) is 9.21 Å². The fraction of sp³-hybridized carbons (Fsp3) is 0.350. The summed E-state index contributed by atoms with van der Waals surface area (Å²) >= 11 is 5.99. The molecule has 11 heteroatoms. The standard InChI is InChI=1S/C20H24ClN3O5S2/c1-23(2)20(25)18-11-6-15(21)14-19(18)22-30(26,27)16-7-9-17(10-8-16)31(28,29)24-12-4-3-5-13-24/h6-11,14,22H,3-5,12-13H2,1-2H3. The Hall–Kier alpha value is -2.14. The molecular weight excluding hydrogens is 462 g/mol. The van der Waals surface area contributed by atoms with Crippen LogP contribution in [0.15, 0.2) is 52.3 Å². The molecule has 2 aromatic rings. The normalized spacial score (nSPS) is 15.5. The first-order valence-electron chi connectivity index (χ1n) is 9.66. The Balaban J connectivity index is 1.88. The first-order chi connectivity index (χ1) is 14.5. The second-order valence-corrected chi connectivity index (χ2v) is 11.5. The van der Waals surface area contributed by atoms with Gasteiger partial charge < -0.3 is 4.90 Å². The van der Waals surface area contributed by atoms with Gasteiger partial charge in [0.25, 0.3) is 15.9 Å². The lowest BCUT2D eigenvalue weighted by Crippen LogP contribution is -2.35. The molecule has 0 saturated carbocycles. The summed E-state index contributed by atoms with van der Waals surface area (Å²) in [5.74, 6) is -0.391. The van der Waals surface area contributed by atoms with E-state index in [1.165, 1.54) is 51.7 Å². The summed E-state index contributed by atoms with van der Waals surface area (Å²) in [5, 5.41) is 0.260. The summed E-state index contributed by atoms with van der Waals surface area (Å²) in [5.41, 5.74) is 0.179. The molecule has 0 atom stereocenters. The van der Waals surface area contributed by atoms with E-state index in [2.05, 4.69) is 4.72 Å². The Labute approximate surface area is 187 Å². The molecule has 1 aliphatic rings. The number of nitrogens with zero attached hydrogens (tertiary/aromatic N) is 2. The van der Waals surface area contributed by atoms with Crippen LogP contribution in [0.25, 0.3) is 0 Å². The van der Waals surface area contributed by atoms with E-state index in [9.17, 15) is 21.6 Å². The van der Waals surface area contributed by atoms with Gasteiger partial charge in [-0.25, -0.2) is 16.8 Å². The van der Waals surface area contributed by atoms with Gasteiger partial charge in [-0.05, 0) is 55.3 Å². The summed E-state index contributed by atoms with van der Waals surface area (Å²) in [7, 11) is -4.65. The maximum Gasteiger partial charge on any atom is 0.261 e. The number of nitrogens with one attached hydrogen (secondary N) is 1. The number of hydrogen-bond donors (Lipinski definition) is 1. The van der Waals surface area contributed by atoms with Crippen molar-refractivity contribution in [2.45, 2.75) is 29.1 Å². The molecule has 0 radical (unpaired) electrons. The molecule has 1 fully saturated rings. The molecule has 1 saturated heterocycles. The molecule has 0 bridgehead atoms. The van der Waals surface area contributed by atoms with E-state index in [1.807, 2.05) is 0 Å². The molecule has 8 nitrogen and oxygen atoms in total. The average Bonchev–Trinajstić information content (AvgIpc) is 2.74. The van der Waals surface area contributed by atoms with Crippen LogP contribution in [0.1, 0.15) is 29.6 Å². The van der Waals surface area contributed by atoms with Gasteiger partial charge in [-0.3, -0.25) is 9.52 Å². The van der Waals surface area contributed by atoms with E-state index in [-0.39, 0.29) is 26.1 Å². The van der Waals surface area contributed by atoms with Crippen molar-refractivity contribution in [3.8, 4) is 0 Å². The summed E-state index contributed by atoms with van der Waals surface area (Å²) in [6.45, 7) is 0.919. The number of piperidine rings is 1. The predicted molar refractivity (Wildman–Crippen MR) is 119 cm³/mol. The molecule has 31 heavy (non-hydrogen) atoms. The van der Waals surface area contributed by atoms with Crippen molar-refractivity contribution in [2.75, 3.05) is 31.9 Å². The third-order valence-electron chi connectivity index (χ3n) is 4.95. The van der Waals surface area contributed by atoms with E-state index >= 15 is 0 Å². The molecule has 1 amide bonds. The van der Waals surface area contributed by atoms with Gasteiger partial charge in [-0.1, -0.05) is 18.0 Å². The van der Waals surface area contributed by atoms with Gasteiger partial charge in [0, 0.05) is 32.2 Å². The zero-order chi connectivity index (χ0) is 22.8. The highest BCUT2D eigenvalue weighted by atomic mass is 35.5. The number of carbonyl (C=O) groups excluding carboxylic acids is 1. The Kier molecular flexibility index (Phi) is 6.95. The summed E-state index contributed by atoms with van der Waals surface area (Å²) in [6.07, 6.45) is 2.61. The van der Waals surface area contributed by atoms with Crippen LogP contribution in [-0.4, -0.2) is 59.1 Å². The fourth-order valence-electron chi connectivity index (χ4n) is 3.28. The second kappa shape index (κ2) is 9.15. The van der Waals surface area contributed by atoms with Crippen molar-refractivity contribution >= 4 is 43.2 Å². The molecule has 168 valence electrons. The Morgan fingerprint density at radius 1 is 0.935 bits per heavy atom. The second-order valence-electron chi connectivity index (χ2n) is 7.43. The molecule has 0 aliphatic carbocycles. The largest absolute Gasteiger partial charge is 0.345 e. The highest BCUT2D eigenvalue weighted by Crippen LogP contribution is 2.26. The van der Waals surface area contributed by atoms with Crippen molar-refractivity contribution in [3.63, 3.8) is 0 Å². The first-order valence-corrected chi connectivity index (χ1v) is 13.0. The SMILES string of the molecule is CN(C)C(=O)c1ccc(Cl)cc1NS(=O)(=O)c1ccc(S(=O)(=O)N2CCCCC2)cc1. The molecule has 1 aliphatic heterocycles. The van der Waals surface area contributed by atoms with E-state index in [0.717, 1.165) is 19.3 Å². The molecular formula is C20H24ClN3O5S2. The highest BCUT2D eigenvalue weighted by molar-refractivity contribution is 7.92. The van der Waals surface area contributed by atoms with Crippen LogP contribution in [0.5, 0.6) is 0 Å². The number of amides is 1. The lowest BCUT2D eigenvalue weighted by Gasteiger charge is -2.25. The smallest absolute Gasteiger partial charge is 0.261 e. The predicted octanol–water partition coefficient (Wildman–Crippen LogP) is 3.02. The Morgan fingerprint density at radius 3 is 2.10 bits per heavy atom. The van der Waals surface area contributed by atoms with Crippen LogP contribution < -0.4 is 4.72 Å². The zero-order valence-electron chi connectivity index (χ0n) is 17.2. The monoisotopic (exact) mass is 485 g/mol. The number of sulfonamides is 2. The number of carbonyl (C=O) groups is 1. The quantitative estimate of drug-likeness (QED) is 0.677. The van der Waals surface area contributed by atoms with Gasteiger partial charge in [0.1, 0.15) is 0 Å². The third kappa shape index (κ3) is 5.20. The lowest BCUT2D eigenvalue weighted by atomic mass is 10.1. The Morgan fingerprint density at radius 2 is 1.52 bits per heavy atom. The van der Waals surface area contributed by atoms with E-state index < -0.39 is 26.0 Å². The van der Waals surface area contributed by atoms with E-state index in [1.54, 1.807) is 14.1 Å². The first kappa shape index (κ1) is 23.5. The van der Waals surface area contributed by atoms with Gasteiger partial charge in [0.05, 0.1) is 21.0 Å². The average molecular weight is 486 g/mol. The number of rotatable bonds is 6. The van der Waals surface area contributed by atoms with Crippen LogP contribution in [-0.2, 0) is 20.0 Å². The molecule has 2 aromatic carbocycles. The van der Waals surface area contributed by atoms with Gasteiger partial charge in [-0.2, -0.15) is 4.31 Å². The maximum atomic E-state index is 12.9. The molecule has 1 heterocycles. The van der Waals surface area contributed by atoms with Crippen LogP contribution in [0.4, 0.5) is 5.69 Å². The van der Waals surface area contributed by atoms with Gasteiger partial charge >= 0.3 is 0 Å². The minimum atomic E-state index is -4.09. The van der Waals surface area contributed by atoms with Gasteiger partial charge in [0.2, 0.25) is 10.0 Å². The maximum absolute atomic E-state index is 12.9. The van der Waals surface area contributed by atoms with Crippen LogP contribution in [0.2, 0.25) is 5.02 Å². The van der Waals surface area contributed by atoms with Crippen LogP contribution in [0.3, 0.4) is 0 Å². The van der Waals surface area contributed by atoms with Crippen molar-refractivity contribution in [2.24, 2.45) is 0 Å². The number of anilines is 1. The van der Waals surface area contributed by atoms with Crippen molar-refractivity contribution in [1.29, 1.82) is 0 Å². The zero-order valence-corrected chi connectivity index (χ0v) is 19.6. The molecule has 0 unspecified atom stereocenters. The lowest BCUT2D eigenvalue weighted by molar-refractivity contribution is 0.0828. The van der Waals surface area contributed by atoms with E-state index in [0.29, 0.717) is 13.1 Å². The summed E-state index contributed by atoms with van der Waals surface area (Å²) in [6, 6.07) is 9.32. The minimum absolute atomic E-state index is 0.0382. The minimum Gasteiger partial charge on any atom is -0.345 e. The van der Waals surface area contributed by atoms with Crippen LogP contribution in [0, 0.1) is 0 Å². The molecule has 0 aromatic heterocycles. The highest BCUT2D eigenvalue weighted by Gasteiger charge is 2.27. The summed E-state index contributed by atoms with van der Waals surface area (Å²) in [4.78, 5) is 13.6. The number of hydrogen-bond acceptors (Lipinski definition) is 5. The molecule has 0 spiro atoms. The summed E-state index contributed by atoms with van der Waals surface area (Å²) < 4.78 is 55.1. The van der Waals surface area contributed by atoms with Crippen molar-refractivity contribution in [3.05, 3.63) is 53.1 Å². The molecule has 3 rings (SSSR count). The van der Waals surface area contributed by atoms with E-state index in [4.69, 9.17) is 11.6 Å². The number of halogens is 1.